The molecule has 0 saturated carbocycles. The molecule has 1 unspecified atom stereocenters. The van der Waals surface area contributed by atoms with Gasteiger partial charge in [-0.2, -0.15) is 4.36 Å². The van der Waals surface area contributed by atoms with Crippen LogP contribution in [0.1, 0.15) is 0 Å². The third-order valence-electron chi connectivity index (χ3n) is 5.50. The topological polar surface area (TPSA) is 119 Å². The second-order valence-corrected chi connectivity index (χ2v) is 10.4. The van der Waals surface area contributed by atoms with Gasteiger partial charge >= 0.3 is 0 Å². The third kappa shape index (κ3) is 4.96. The van der Waals surface area contributed by atoms with Crippen molar-refractivity contribution in [2.24, 2.45) is 4.36 Å². The van der Waals surface area contributed by atoms with Gasteiger partial charge in [0.05, 0.1) is 50.1 Å². The molecule has 186 valence electrons. The number of rotatable bonds is 6. The molecule has 4 aromatic rings. The first-order valence-corrected chi connectivity index (χ1v) is 12.8. The Morgan fingerprint density at radius 1 is 1.19 bits per heavy atom. The first kappa shape index (κ1) is 24.0. The highest BCUT2D eigenvalue weighted by molar-refractivity contribution is 7.93. The fraction of sp³-hybridized carbons (Fsp3) is 0.208. The minimum atomic E-state index is -2.88. The van der Waals surface area contributed by atoms with Gasteiger partial charge in [0.25, 0.3) is 0 Å². The maximum Gasteiger partial charge on any atom is 0.150 e. The van der Waals surface area contributed by atoms with Gasteiger partial charge in [0.2, 0.25) is 0 Å². The molecule has 1 aliphatic heterocycles. The summed E-state index contributed by atoms with van der Waals surface area (Å²) in [6.45, 7) is 0.261. The number of pyridine rings is 1. The van der Waals surface area contributed by atoms with Gasteiger partial charge in [-0.05, 0) is 30.3 Å². The Labute approximate surface area is 205 Å². The average molecular weight is 514 g/mol. The number of hydrogen-bond donors (Lipinski definition) is 2. The van der Waals surface area contributed by atoms with Crippen LogP contribution in [0.5, 0.6) is 5.75 Å². The first-order valence-electron chi connectivity index (χ1n) is 10.9. The molecule has 5 rings (SSSR count). The average Bonchev–Trinajstić information content (AvgIpc) is 3.25. The highest BCUT2D eigenvalue weighted by atomic mass is 32.2. The predicted molar refractivity (Wildman–Crippen MR) is 129 cm³/mol. The lowest BCUT2D eigenvalue weighted by Crippen LogP contribution is -2.30. The van der Waals surface area contributed by atoms with Crippen LogP contribution in [-0.2, 0) is 14.5 Å². The second kappa shape index (κ2) is 9.72. The summed E-state index contributed by atoms with van der Waals surface area (Å²) in [5, 5.41) is 13.0. The standard InChI is InChI=1S/C24H21F2N5O4S/c1-36(33,16-3-2-6-27-10-16)31-15-8-17(26)23-19(9-15)28-13-29-24(23)30-18-5-4-14(25)7-21(18)35-22-12-34-11-20(22)32/h2-10,13,20,22,32H,11-12H2,1H3,(H,28,29,30)/t20-,22-,36?/m0/s1. The van der Waals surface area contributed by atoms with Crippen LogP contribution < -0.4 is 10.1 Å². The number of anilines is 2. The Morgan fingerprint density at radius 2 is 2.06 bits per heavy atom. The van der Waals surface area contributed by atoms with E-state index in [1.54, 1.807) is 18.3 Å². The predicted octanol–water partition coefficient (Wildman–Crippen LogP) is 3.97. The van der Waals surface area contributed by atoms with Crippen molar-refractivity contribution in [3.8, 4) is 5.75 Å². The van der Waals surface area contributed by atoms with Crippen molar-refractivity contribution < 1.29 is 27.6 Å². The van der Waals surface area contributed by atoms with Crippen LogP contribution in [0, 0.1) is 11.6 Å². The molecule has 0 amide bonds. The van der Waals surface area contributed by atoms with E-state index in [2.05, 4.69) is 24.6 Å². The fourth-order valence-corrected chi connectivity index (χ4v) is 4.92. The molecule has 12 heteroatoms. The van der Waals surface area contributed by atoms with Crippen molar-refractivity contribution in [3.63, 3.8) is 0 Å². The zero-order valence-corrected chi connectivity index (χ0v) is 19.8. The Hall–Kier alpha value is -3.74. The minimum absolute atomic E-state index is 0.0555. The van der Waals surface area contributed by atoms with Crippen LogP contribution in [0.2, 0.25) is 0 Å². The molecule has 2 aromatic heterocycles. The van der Waals surface area contributed by atoms with Crippen molar-refractivity contribution in [2.45, 2.75) is 17.1 Å². The van der Waals surface area contributed by atoms with E-state index >= 15 is 4.39 Å². The van der Waals surface area contributed by atoms with Crippen molar-refractivity contribution in [1.29, 1.82) is 0 Å². The van der Waals surface area contributed by atoms with Gasteiger partial charge in [-0.15, -0.1) is 0 Å². The van der Waals surface area contributed by atoms with E-state index in [0.29, 0.717) is 10.6 Å². The molecule has 3 atom stereocenters. The molecule has 2 aromatic carbocycles. The molecular weight excluding hydrogens is 492 g/mol. The van der Waals surface area contributed by atoms with E-state index in [4.69, 9.17) is 9.47 Å². The number of benzene rings is 2. The van der Waals surface area contributed by atoms with Gasteiger partial charge in [-0.3, -0.25) is 4.98 Å². The van der Waals surface area contributed by atoms with E-state index in [1.807, 2.05) is 0 Å². The van der Waals surface area contributed by atoms with Crippen LogP contribution in [-0.4, -0.2) is 55.9 Å². The lowest BCUT2D eigenvalue weighted by molar-refractivity contribution is 0.0736. The summed E-state index contributed by atoms with van der Waals surface area (Å²) >= 11 is 0. The van der Waals surface area contributed by atoms with E-state index in [1.165, 1.54) is 37.0 Å². The van der Waals surface area contributed by atoms with Gasteiger partial charge in [0.15, 0.2) is 6.10 Å². The summed E-state index contributed by atoms with van der Waals surface area (Å²) in [7, 11) is -2.88. The Balaban J connectivity index is 1.51. The van der Waals surface area contributed by atoms with Gasteiger partial charge in [-0.1, -0.05) is 0 Å². The molecule has 0 aliphatic carbocycles. The molecule has 36 heavy (non-hydrogen) atoms. The maximum absolute atomic E-state index is 15.3. The summed E-state index contributed by atoms with van der Waals surface area (Å²) < 4.78 is 57.5. The largest absolute Gasteiger partial charge is 0.483 e. The normalized spacial score (nSPS) is 19.1. The number of ether oxygens (including phenoxy) is 2. The summed E-state index contributed by atoms with van der Waals surface area (Å²) in [6.07, 6.45) is 4.15. The van der Waals surface area contributed by atoms with Crippen LogP contribution in [0.3, 0.4) is 0 Å². The van der Waals surface area contributed by atoms with E-state index in [9.17, 15) is 13.7 Å². The number of aliphatic hydroxyl groups excluding tert-OH is 1. The van der Waals surface area contributed by atoms with Gasteiger partial charge in [0.1, 0.15) is 35.6 Å². The molecule has 1 fully saturated rings. The summed E-state index contributed by atoms with van der Waals surface area (Å²) in [5.74, 6) is -1.04. The SMILES string of the molecule is CS(=O)(=Nc1cc(F)c2c(Nc3ccc(F)cc3O[C@H]3COC[C@@H]3O)ncnc2c1)c1cccnc1. The highest BCUT2D eigenvalue weighted by Gasteiger charge is 2.29. The van der Waals surface area contributed by atoms with Crippen molar-refractivity contribution in [3.05, 3.63) is 72.8 Å². The molecule has 1 saturated heterocycles. The maximum atomic E-state index is 15.3. The molecule has 2 N–H and O–H groups in total. The van der Waals surface area contributed by atoms with Crippen molar-refractivity contribution in [1.82, 2.24) is 15.0 Å². The van der Waals surface area contributed by atoms with E-state index in [0.717, 1.165) is 12.1 Å². The Morgan fingerprint density at radius 3 is 2.81 bits per heavy atom. The zero-order chi connectivity index (χ0) is 25.3. The molecule has 9 nitrogen and oxygen atoms in total. The molecule has 0 spiro atoms. The second-order valence-electron chi connectivity index (χ2n) is 8.15. The van der Waals surface area contributed by atoms with Crippen LogP contribution in [0.4, 0.5) is 26.0 Å². The molecule has 0 bridgehead atoms. The van der Waals surface area contributed by atoms with Gasteiger partial charge < -0.3 is 19.9 Å². The minimum Gasteiger partial charge on any atom is -0.483 e. The first-order chi connectivity index (χ1) is 17.3. The number of halogens is 2. The Bertz CT molecular complexity index is 1550. The van der Waals surface area contributed by atoms with Crippen molar-refractivity contribution in [2.75, 3.05) is 24.8 Å². The number of aliphatic hydroxyl groups is 1. The molecular formula is C24H21F2N5O4S. The number of hydrogen-bond acceptors (Lipinski definition) is 9. The number of fused-ring (bicyclic) bond motifs is 1. The van der Waals surface area contributed by atoms with Crippen LogP contribution in [0.25, 0.3) is 10.9 Å². The van der Waals surface area contributed by atoms with Gasteiger partial charge in [-0.25, -0.2) is 23.0 Å². The number of aromatic nitrogens is 3. The number of nitrogens with zero attached hydrogens (tertiary/aromatic N) is 4. The van der Waals surface area contributed by atoms with E-state index < -0.39 is 33.6 Å². The highest BCUT2D eigenvalue weighted by Crippen LogP contribution is 2.34. The monoisotopic (exact) mass is 513 g/mol. The van der Waals surface area contributed by atoms with Crippen LogP contribution in [0.15, 0.2) is 70.4 Å². The quantitative estimate of drug-likeness (QED) is 0.398. The summed E-state index contributed by atoms with van der Waals surface area (Å²) in [6, 6.07) is 9.71. The van der Waals surface area contributed by atoms with Crippen molar-refractivity contribution >= 4 is 37.8 Å². The van der Waals surface area contributed by atoms with Gasteiger partial charge in [0, 0.05) is 30.8 Å². The molecule has 1 aliphatic rings. The fourth-order valence-electron chi connectivity index (χ4n) is 3.72. The Kier molecular flexibility index (Phi) is 6.48. The molecule has 0 radical (unpaired) electrons. The third-order valence-corrected chi connectivity index (χ3v) is 7.18. The number of nitrogens with one attached hydrogen (secondary N) is 1. The molecule has 3 heterocycles. The summed E-state index contributed by atoms with van der Waals surface area (Å²) in [4.78, 5) is 12.7. The van der Waals surface area contributed by atoms with E-state index in [-0.39, 0.29) is 41.4 Å². The lowest BCUT2D eigenvalue weighted by atomic mass is 10.2. The summed E-state index contributed by atoms with van der Waals surface area (Å²) in [5.41, 5.74) is 0.663. The zero-order valence-electron chi connectivity index (χ0n) is 19.0. The smallest absolute Gasteiger partial charge is 0.150 e. The van der Waals surface area contributed by atoms with Crippen LogP contribution >= 0.6 is 0 Å². The lowest BCUT2D eigenvalue weighted by Gasteiger charge is -2.19.